The third kappa shape index (κ3) is 3.26. The molecule has 104 valence electrons. The largest absolute Gasteiger partial charge is 0.494 e. The maximum Gasteiger partial charge on any atom is 0.165 e. The van der Waals surface area contributed by atoms with Crippen LogP contribution in [-0.4, -0.2) is 12.1 Å². The Morgan fingerprint density at radius 1 is 1.30 bits per heavy atom. The summed E-state index contributed by atoms with van der Waals surface area (Å²) in [6, 6.07) is 10.0. The van der Waals surface area contributed by atoms with Crippen LogP contribution in [0.3, 0.4) is 0 Å². The lowest BCUT2D eigenvalue weighted by atomic mass is 10.1. The number of methoxy groups -OCH3 is 1. The molecule has 0 aliphatic rings. The number of nitrogens with one attached hydrogen (secondary N) is 1. The number of hydrogen-bond acceptors (Lipinski definition) is 3. The van der Waals surface area contributed by atoms with Crippen LogP contribution < -0.4 is 15.8 Å². The first-order valence-corrected chi connectivity index (χ1v) is 6.91. The fourth-order valence-electron chi connectivity index (χ4n) is 1.73. The first-order chi connectivity index (χ1) is 9.51. The predicted octanol–water partition coefficient (Wildman–Crippen LogP) is 3.97. The molecule has 2 aromatic rings. The summed E-state index contributed by atoms with van der Waals surface area (Å²) in [7, 11) is 1.42. The van der Waals surface area contributed by atoms with E-state index < -0.39 is 5.82 Å². The smallest absolute Gasteiger partial charge is 0.165 e. The molecule has 0 saturated carbocycles. The Morgan fingerprint density at radius 3 is 2.70 bits per heavy atom. The van der Waals surface area contributed by atoms with Crippen molar-refractivity contribution in [3.05, 3.63) is 52.3 Å². The molecule has 0 spiro atoms. The molecule has 0 aliphatic carbocycles. The van der Waals surface area contributed by atoms with Crippen LogP contribution >= 0.6 is 28.1 Å². The topological polar surface area (TPSA) is 47.3 Å². The lowest BCUT2D eigenvalue weighted by Crippen LogP contribution is -2.11. The quantitative estimate of drug-likeness (QED) is 0.815. The summed E-state index contributed by atoms with van der Waals surface area (Å²) < 4.78 is 19.2. The van der Waals surface area contributed by atoms with Crippen LogP contribution in [0.4, 0.5) is 15.8 Å². The molecule has 6 heteroatoms. The highest BCUT2D eigenvalue weighted by atomic mass is 79.9. The van der Waals surface area contributed by atoms with E-state index in [4.69, 9.17) is 22.7 Å². The molecule has 0 bridgehead atoms. The lowest BCUT2D eigenvalue weighted by molar-refractivity contribution is 0.387. The van der Waals surface area contributed by atoms with Gasteiger partial charge in [-0.25, -0.2) is 4.39 Å². The van der Waals surface area contributed by atoms with Crippen molar-refractivity contribution in [1.29, 1.82) is 0 Å². The van der Waals surface area contributed by atoms with Gasteiger partial charge in [0.2, 0.25) is 0 Å². The monoisotopic (exact) mass is 354 g/mol. The van der Waals surface area contributed by atoms with Gasteiger partial charge in [-0.1, -0.05) is 28.1 Å². The molecule has 0 saturated heterocycles. The standard InChI is InChI=1S/C14H12BrFN2OS/c1-19-13-7-9(3-5-11(13)16)18-12-6-8(15)2-4-10(12)14(17)20/h2-7,18H,1H3,(H2,17,20). The minimum atomic E-state index is -0.415. The lowest BCUT2D eigenvalue weighted by Gasteiger charge is -2.13. The van der Waals surface area contributed by atoms with Crippen molar-refractivity contribution < 1.29 is 9.13 Å². The van der Waals surface area contributed by atoms with Gasteiger partial charge in [0.1, 0.15) is 4.99 Å². The highest BCUT2D eigenvalue weighted by molar-refractivity contribution is 9.10. The molecule has 0 aromatic heterocycles. The first kappa shape index (κ1) is 14.7. The van der Waals surface area contributed by atoms with Crippen molar-refractivity contribution >= 4 is 44.5 Å². The number of nitrogens with two attached hydrogens (primary N) is 1. The fourth-order valence-corrected chi connectivity index (χ4v) is 2.27. The first-order valence-electron chi connectivity index (χ1n) is 5.71. The summed E-state index contributed by atoms with van der Waals surface area (Å²) in [5.74, 6) is -0.247. The van der Waals surface area contributed by atoms with E-state index in [-0.39, 0.29) is 10.7 Å². The number of halogens is 2. The average molecular weight is 355 g/mol. The van der Waals surface area contributed by atoms with E-state index in [1.165, 1.54) is 13.2 Å². The van der Waals surface area contributed by atoms with E-state index in [2.05, 4.69) is 21.2 Å². The van der Waals surface area contributed by atoms with Crippen LogP contribution in [0.1, 0.15) is 5.56 Å². The highest BCUT2D eigenvalue weighted by Crippen LogP contribution is 2.28. The van der Waals surface area contributed by atoms with E-state index in [0.29, 0.717) is 11.3 Å². The molecule has 0 unspecified atom stereocenters. The Kier molecular flexibility index (Phi) is 4.57. The van der Waals surface area contributed by atoms with E-state index in [1.807, 2.05) is 18.2 Å². The van der Waals surface area contributed by atoms with Crippen molar-refractivity contribution in [2.24, 2.45) is 5.73 Å². The minimum absolute atomic E-state index is 0.168. The van der Waals surface area contributed by atoms with Crippen LogP contribution in [0.2, 0.25) is 0 Å². The van der Waals surface area contributed by atoms with Gasteiger partial charge in [-0.3, -0.25) is 0 Å². The maximum absolute atomic E-state index is 13.4. The summed E-state index contributed by atoms with van der Waals surface area (Å²) in [5, 5.41) is 3.15. The van der Waals surface area contributed by atoms with Gasteiger partial charge in [0.15, 0.2) is 11.6 Å². The third-order valence-electron chi connectivity index (χ3n) is 2.68. The van der Waals surface area contributed by atoms with Crippen LogP contribution in [0.5, 0.6) is 5.75 Å². The van der Waals surface area contributed by atoms with Crippen molar-refractivity contribution in [3.8, 4) is 5.75 Å². The fraction of sp³-hybridized carbons (Fsp3) is 0.0714. The summed E-state index contributed by atoms with van der Waals surface area (Å²) in [4.78, 5) is 0.286. The van der Waals surface area contributed by atoms with Crippen molar-refractivity contribution in [3.63, 3.8) is 0 Å². The van der Waals surface area contributed by atoms with E-state index in [0.717, 1.165) is 10.2 Å². The van der Waals surface area contributed by atoms with Crippen molar-refractivity contribution in [1.82, 2.24) is 0 Å². The van der Waals surface area contributed by atoms with Crippen LogP contribution in [-0.2, 0) is 0 Å². The predicted molar refractivity (Wildman–Crippen MR) is 86.3 cm³/mol. The van der Waals surface area contributed by atoms with Gasteiger partial charge in [-0.2, -0.15) is 0 Å². The van der Waals surface area contributed by atoms with Crippen molar-refractivity contribution in [2.75, 3.05) is 12.4 Å². The normalized spacial score (nSPS) is 10.2. The Labute approximate surface area is 130 Å². The molecule has 0 fully saturated rings. The second kappa shape index (κ2) is 6.19. The number of ether oxygens (including phenoxy) is 1. The zero-order valence-electron chi connectivity index (χ0n) is 10.6. The molecule has 0 aliphatic heterocycles. The third-order valence-corrected chi connectivity index (χ3v) is 3.39. The Balaban J connectivity index is 2.39. The number of anilines is 2. The van der Waals surface area contributed by atoms with Crippen LogP contribution in [0, 0.1) is 5.82 Å². The Bertz CT molecular complexity index is 664. The summed E-state index contributed by atoms with van der Waals surface area (Å²) in [6.45, 7) is 0. The number of hydrogen-bond donors (Lipinski definition) is 2. The average Bonchev–Trinajstić information content (AvgIpc) is 2.40. The summed E-state index contributed by atoms with van der Waals surface area (Å²) in [6.07, 6.45) is 0. The molecule has 0 heterocycles. The van der Waals surface area contributed by atoms with Gasteiger partial charge < -0.3 is 15.8 Å². The number of benzene rings is 2. The van der Waals surface area contributed by atoms with Crippen LogP contribution in [0.15, 0.2) is 40.9 Å². The van der Waals surface area contributed by atoms with Crippen LogP contribution in [0.25, 0.3) is 0 Å². The van der Waals surface area contributed by atoms with Gasteiger partial charge in [0.05, 0.1) is 7.11 Å². The van der Waals surface area contributed by atoms with Gasteiger partial charge in [0.25, 0.3) is 0 Å². The second-order valence-corrected chi connectivity index (χ2v) is 5.38. The molecular weight excluding hydrogens is 343 g/mol. The molecule has 2 rings (SSSR count). The Morgan fingerprint density at radius 2 is 2.05 bits per heavy atom. The molecule has 20 heavy (non-hydrogen) atoms. The zero-order chi connectivity index (χ0) is 14.7. The summed E-state index contributed by atoms with van der Waals surface area (Å²) in [5.41, 5.74) is 7.82. The van der Waals surface area contributed by atoms with Gasteiger partial charge in [-0.15, -0.1) is 0 Å². The second-order valence-electron chi connectivity index (χ2n) is 4.03. The Hall–Kier alpha value is -1.66. The number of thiocarbonyl (C=S) groups is 1. The molecular formula is C14H12BrFN2OS. The highest BCUT2D eigenvalue weighted by Gasteiger charge is 2.08. The van der Waals surface area contributed by atoms with Crippen molar-refractivity contribution in [2.45, 2.75) is 0 Å². The molecule has 0 radical (unpaired) electrons. The van der Waals surface area contributed by atoms with E-state index >= 15 is 0 Å². The van der Waals surface area contributed by atoms with Gasteiger partial charge >= 0.3 is 0 Å². The van der Waals surface area contributed by atoms with Gasteiger partial charge in [-0.05, 0) is 30.3 Å². The van der Waals surface area contributed by atoms with E-state index in [9.17, 15) is 4.39 Å². The molecule has 3 nitrogen and oxygen atoms in total. The molecule has 0 atom stereocenters. The summed E-state index contributed by atoms with van der Waals surface area (Å²) >= 11 is 8.41. The molecule has 0 amide bonds. The minimum Gasteiger partial charge on any atom is -0.494 e. The van der Waals surface area contributed by atoms with Gasteiger partial charge in [0, 0.05) is 27.5 Å². The molecule has 3 N–H and O–H groups in total. The zero-order valence-corrected chi connectivity index (χ0v) is 13.0. The van der Waals surface area contributed by atoms with E-state index in [1.54, 1.807) is 12.1 Å². The number of rotatable bonds is 4. The maximum atomic E-state index is 13.4. The molecule has 2 aromatic carbocycles. The SMILES string of the molecule is COc1cc(Nc2cc(Br)ccc2C(N)=S)ccc1F.